The van der Waals surface area contributed by atoms with Gasteiger partial charge in [-0.15, -0.1) is 0 Å². The van der Waals surface area contributed by atoms with Crippen LogP contribution >= 0.6 is 11.6 Å². The molecule has 1 aliphatic rings. The van der Waals surface area contributed by atoms with Crippen molar-refractivity contribution in [3.63, 3.8) is 0 Å². The molecule has 14 heteroatoms. The summed E-state index contributed by atoms with van der Waals surface area (Å²) in [5, 5.41) is 17.3. The average molecular weight is 521 g/mol. The van der Waals surface area contributed by atoms with E-state index < -0.39 is 41.6 Å². The molecule has 0 aliphatic carbocycles. The van der Waals surface area contributed by atoms with Gasteiger partial charge in [0.2, 0.25) is 5.76 Å². The van der Waals surface area contributed by atoms with Gasteiger partial charge in [0.15, 0.2) is 5.70 Å². The lowest BCUT2D eigenvalue weighted by molar-refractivity contribution is -0.137. The lowest BCUT2D eigenvalue weighted by Crippen LogP contribution is -2.49. The number of benzene rings is 1. The molecule has 36 heavy (non-hydrogen) atoms. The van der Waals surface area contributed by atoms with Gasteiger partial charge in [0.1, 0.15) is 11.6 Å². The van der Waals surface area contributed by atoms with E-state index in [2.05, 4.69) is 20.5 Å². The Kier molecular flexibility index (Phi) is 6.63. The molecule has 3 aromatic rings. The number of halogens is 5. The number of aromatic amines is 1. The van der Waals surface area contributed by atoms with E-state index in [-0.39, 0.29) is 39.8 Å². The molecule has 0 unspecified atom stereocenters. The zero-order valence-electron chi connectivity index (χ0n) is 17.9. The number of H-pyrrole nitrogens is 1. The molecule has 0 radical (unpaired) electrons. The summed E-state index contributed by atoms with van der Waals surface area (Å²) >= 11 is 5.89. The van der Waals surface area contributed by atoms with Crippen molar-refractivity contribution >= 4 is 17.5 Å². The Morgan fingerprint density at radius 3 is 2.64 bits per heavy atom. The lowest BCUT2D eigenvalue weighted by atomic mass is 10.1. The number of nitriles is 1. The smallest absolute Gasteiger partial charge is 0.434 e. The number of hydrogen-bond acceptors (Lipinski definition) is 7. The molecule has 1 aliphatic heterocycles. The molecule has 3 heterocycles. The van der Waals surface area contributed by atoms with Gasteiger partial charge in [-0.05, 0) is 36.4 Å². The summed E-state index contributed by atoms with van der Waals surface area (Å²) in [5.41, 5.74) is -1.79. The van der Waals surface area contributed by atoms with Crippen LogP contribution < -0.4 is 15.6 Å². The van der Waals surface area contributed by atoms with Gasteiger partial charge in [0.25, 0.3) is 11.5 Å². The highest BCUT2D eigenvalue weighted by molar-refractivity contribution is 6.30. The second kappa shape index (κ2) is 9.67. The largest absolute Gasteiger partial charge is 0.449 e. The Morgan fingerprint density at radius 1 is 1.19 bits per heavy atom. The zero-order chi connectivity index (χ0) is 26.0. The van der Waals surface area contributed by atoms with E-state index in [1.165, 1.54) is 18.2 Å². The molecule has 0 saturated heterocycles. The number of alkyl halides is 3. The quantitative estimate of drug-likeness (QED) is 0.495. The first-order valence-electron chi connectivity index (χ1n) is 9.99. The Labute approximate surface area is 204 Å². The van der Waals surface area contributed by atoms with Gasteiger partial charge in [0.05, 0.1) is 48.0 Å². The van der Waals surface area contributed by atoms with E-state index in [1.807, 2.05) is 0 Å². The van der Waals surface area contributed by atoms with E-state index in [0.717, 1.165) is 29.3 Å². The van der Waals surface area contributed by atoms with Crippen molar-refractivity contribution in [3.8, 4) is 23.1 Å². The maximum atomic E-state index is 13.6. The van der Waals surface area contributed by atoms with Crippen LogP contribution in [0.25, 0.3) is 11.3 Å². The van der Waals surface area contributed by atoms with E-state index in [0.29, 0.717) is 0 Å². The van der Waals surface area contributed by atoms with Crippen LogP contribution in [-0.2, 0) is 11.3 Å². The first-order valence-corrected chi connectivity index (χ1v) is 10.4. The number of carbonyl (C=O) groups is 1. The van der Waals surface area contributed by atoms with Gasteiger partial charge in [-0.2, -0.15) is 23.5 Å². The standard InChI is InChI=1S/C22H13ClF4N6O3/c23-12-3-11(7-28)4-15(5-12)36-18-19(22(25,26)27)30-10-33(21(18)35)9-14-6-16(20(34)32-31-14)17-2-1-13(24)8-29-17/h1-6,8,30H,9-10H2,(H,32,34). The molecule has 0 fully saturated rings. The molecule has 0 saturated carbocycles. The summed E-state index contributed by atoms with van der Waals surface area (Å²) in [6.07, 6.45) is -4.04. The Bertz CT molecular complexity index is 1460. The fraction of sp³-hybridized carbons (Fsp3) is 0.136. The highest BCUT2D eigenvalue weighted by Crippen LogP contribution is 2.32. The summed E-state index contributed by atoms with van der Waals surface area (Å²) in [4.78, 5) is 30.0. The number of carbonyl (C=O) groups excluding carboxylic acids is 1. The number of hydrogen-bond donors (Lipinski definition) is 2. The van der Waals surface area contributed by atoms with Crippen LogP contribution in [0.5, 0.6) is 5.75 Å². The van der Waals surface area contributed by atoms with Crippen LogP contribution in [0.15, 0.2) is 58.8 Å². The Hall–Kier alpha value is -4.44. The van der Waals surface area contributed by atoms with Crippen molar-refractivity contribution in [2.75, 3.05) is 6.67 Å². The van der Waals surface area contributed by atoms with Gasteiger partial charge in [0, 0.05) is 5.02 Å². The SMILES string of the molecule is N#Cc1cc(Cl)cc(OC2=C(C(F)(F)F)NCN(Cc3cc(-c4ccc(F)cn4)c(=O)[nH]n3)C2=O)c1. The van der Waals surface area contributed by atoms with Crippen LogP contribution in [0.3, 0.4) is 0 Å². The molecule has 2 aromatic heterocycles. The fourth-order valence-electron chi connectivity index (χ4n) is 3.28. The van der Waals surface area contributed by atoms with Gasteiger partial charge in [-0.25, -0.2) is 9.49 Å². The molecule has 9 nitrogen and oxygen atoms in total. The van der Waals surface area contributed by atoms with E-state index in [9.17, 15) is 27.2 Å². The zero-order valence-corrected chi connectivity index (χ0v) is 18.6. The number of ether oxygens (including phenoxy) is 1. The van der Waals surface area contributed by atoms with Crippen molar-refractivity contribution in [1.82, 2.24) is 25.4 Å². The van der Waals surface area contributed by atoms with Crippen LogP contribution in [-0.4, -0.2) is 38.8 Å². The monoisotopic (exact) mass is 520 g/mol. The van der Waals surface area contributed by atoms with Crippen LogP contribution in [0.4, 0.5) is 17.6 Å². The van der Waals surface area contributed by atoms with E-state index in [4.69, 9.17) is 21.6 Å². The number of aromatic nitrogens is 3. The highest BCUT2D eigenvalue weighted by atomic mass is 35.5. The van der Waals surface area contributed by atoms with Crippen molar-refractivity contribution in [2.45, 2.75) is 12.7 Å². The van der Waals surface area contributed by atoms with E-state index >= 15 is 0 Å². The summed E-state index contributed by atoms with van der Waals surface area (Å²) in [6, 6.07) is 8.99. The molecular weight excluding hydrogens is 508 g/mol. The summed E-state index contributed by atoms with van der Waals surface area (Å²) in [6.45, 7) is -0.877. The van der Waals surface area contributed by atoms with Gasteiger partial charge in [-0.3, -0.25) is 14.6 Å². The molecule has 0 atom stereocenters. The summed E-state index contributed by atoms with van der Waals surface area (Å²) in [5.74, 6) is -3.06. The lowest BCUT2D eigenvalue weighted by Gasteiger charge is -2.31. The van der Waals surface area contributed by atoms with Crippen molar-refractivity contribution in [3.05, 3.63) is 86.5 Å². The maximum absolute atomic E-state index is 13.6. The number of rotatable bonds is 5. The number of amides is 1. The highest BCUT2D eigenvalue weighted by Gasteiger charge is 2.44. The second-order valence-electron chi connectivity index (χ2n) is 7.39. The van der Waals surface area contributed by atoms with Gasteiger partial charge in [-0.1, -0.05) is 11.6 Å². The third kappa shape index (κ3) is 5.28. The van der Waals surface area contributed by atoms with Crippen LogP contribution in [0.1, 0.15) is 11.3 Å². The minimum Gasteiger partial charge on any atom is -0.449 e. The Balaban J connectivity index is 1.65. The maximum Gasteiger partial charge on any atom is 0.434 e. The molecule has 1 aromatic carbocycles. The molecule has 0 spiro atoms. The first kappa shape index (κ1) is 24.7. The number of pyridine rings is 1. The van der Waals surface area contributed by atoms with Crippen LogP contribution in [0, 0.1) is 17.1 Å². The van der Waals surface area contributed by atoms with Crippen molar-refractivity contribution in [2.24, 2.45) is 0 Å². The minimum absolute atomic E-state index is 0.0131. The molecule has 0 bridgehead atoms. The summed E-state index contributed by atoms with van der Waals surface area (Å²) in [7, 11) is 0. The topological polar surface area (TPSA) is 124 Å². The normalized spacial score (nSPS) is 13.9. The van der Waals surface area contributed by atoms with Crippen molar-refractivity contribution < 1.29 is 27.1 Å². The molecule has 4 rings (SSSR count). The number of allylic oxidation sites excluding steroid dienone is 1. The number of nitrogens with one attached hydrogen (secondary N) is 2. The predicted molar refractivity (Wildman–Crippen MR) is 116 cm³/mol. The van der Waals surface area contributed by atoms with Gasteiger partial charge < -0.3 is 15.0 Å². The Morgan fingerprint density at radius 2 is 1.97 bits per heavy atom. The third-order valence-corrected chi connectivity index (χ3v) is 5.09. The third-order valence-electron chi connectivity index (χ3n) is 4.87. The molecule has 1 amide bonds. The van der Waals surface area contributed by atoms with Gasteiger partial charge >= 0.3 is 6.18 Å². The van der Waals surface area contributed by atoms with E-state index in [1.54, 1.807) is 6.07 Å². The predicted octanol–water partition coefficient (Wildman–Crippen LogP) is 3.24. The molecular formula is C22H13ClF4N6O3. The van der Waals surface area contributed by atoms with Crippen molar-refractivity contribution in [1.29, 1.82) is 5.26 Å². The summed E-state index contributed by atoms with van der Waals surface area (Å²) < 4.78 is 59.3. The number of nitrogens with zero attached hydrogens (tertiary/aromatic N) is 4. The molecule has 2 N–H and O–H groups in total. The molecule has 184 valence electrons. The first-order chi connectivity index (χ1) is 17.0. The average Bonchev–Trinajstić information content (AvgIpc) is 2.82. The van der Waals surface area contributed by atoms with Crippen LogP contribution in [0.2, 0.25) is 5.02 Å². The fourth-order valence-corrected chi connectivity index (χ4v) is 3.51. The minimum atomic E-state index is -4.95. The second-order valence-corrected chi connectivity index (χ2v) is 7.83.